The fraction of sp³-hybridized carbons (Fsp3) is 0.200. The summed E-state index contributed by atoms with van der Waals surface area (Å²) in [7, 11) is 1.73. The van der Waals surface area contributed by atoms with Gasteiger partial charge in [-0.25, -0.2) is 4.39 Å². The molecule has 2 rings (SSSR count). The summed E-state index contributed by atoms with van der Waals surface area (Å²) >= 11 is 3.11. The highest BCUT2D eigenvalue weighted by Crippen LogP contribution is 2.25. The Morgan fingerprint density at radius 3 is 2.62 bits per heavy atom. The zero-order chi connectivity index (χ0) is 15.6. The third-order valence-corrected chi connectivity index (χ3v) is 3.68. The minimum absolute atomic E-state index is 0.336. The topological polar surface area (TPSA) is 54.0 Å². The lowest BCUT2D eigenvalue weighted by Crippen LogP contribution is -2.15. The van der Waals surface area contributed by atoms with Gasteiger partial charge in [-0.3, -0.25) is 9.78 Å². The van der Waals surface area contributed by atoms with E-state index in [1.54, 1.807) is 26.1 Å². The number of amides is 1. The van der Waals surface area contributed by atoms with Gasteiger partial charge in [-0.05, 0) is 53.5 Å². The van der Waals surface area contributed by atoms with Crippen LogP contribution in [0.4, 0.5) is 15.8 Å². The van der Waals surface area contributed by atoms with Gasteiger partial charge in [0, 0.05) is 24.6 Å². The van der Waals surface area contributed by atoms with Crippen molar-refractivity contribution >= 4 is 33.2 Å². The van der Waals surface area contributed by atoms with E-state index in [0.29, 0.717) is 21.4 Å². The van der Waals surface area contributed by atoms with Gasteiger partial charge in [0.1, 0.15) is 5.82 Å². The van der Waals surface area contributed by atoms with Crippen molar-refractivity contribution in [1.82, 2.24) is 4.98 Å². The highest BCUT2D eigenvalue weighted by Gasteiger charge is 2.14. The number of rotatable bonds is 3. The summed E-state index contributed by atoms with van der Waals surface area (Å²) < 4.78 is 14.0. The Morgan fingerprint density at radius 1 is 1.24 bits per heavy atom. The average Bonchev–Trinajstić information content (AvgIpc) is 2.44. The van der Waals surface area contributed by atoms with Crippen LogP contribution in [0.25, 0.3) is 0 Å². The van der Waals surface area contributed by atoms with Crippen molar-refractivity contribution in [3.05, 3.63) is 51.5 Å². The first-order valence-electron chi connectivity index (χ1n) is 6.33. The van der Waals surface area contributed by atoms with E-state index in [1.165, 1.54) is 12.3 Å². The van der Waals surface area contributed by atoms with Crippen LogP contribution in [0, 0.1) is 19.7 Å². The lowest BCUT2D eigenvalue weighted by Gasteiger charge is -2.12. The summed E-state index contributed by atoms with van der Waals surface area (Å²) in [5.74, 6) is -0.761. The number of halogens is 2. The molecule has 0 fully saturated rings. The van der Waals surface area contributed by atoms with Crippen LogP contribution in [0.15, 0.2) is 28.9 Å². The van der Waals surface area contributed by atoms with E-state index in [2.05, 4.69) is 31.5 Å². The average molecular weight is 352 g/mol. The number of aryl methyl sites for hydroxylation is 2. The van der Waals surface area contributed by atoms with Gasteiger partial charge in [0.05, 0.1) is 15.7 Å². The molecule has 2 N–H and O–H groups in total. The summed E-state index contributed by atoms with van der Waals surface area (Å²) in [5.41, 5.74) is 3.09. The summed E-state index contributed by atoms with van der Waals surface area (Å²) in [4.78, 5) is 16.5. The number of benzene rings is 1. The summed E-state index contributed by atoms with van der Waals surface area (Å²) in [6.45, 7) is 3.64. The van der Waals surface area contributed by atoms with E-state index >= 15 is 0 Å². The second kappa shape index (κ2) is 6.22. The molecule has 0 aliphatic rings. The number of hydrogen-bond acceptors (Lipinski definition) is 3. The number of nitrogens with one attached hydrogen (secondary N) is 2. The fourth-order valence-electron chi connectivity index (χ4n) is 1.92. The lowest BCUT2D eigenvalue weighted by atomic mass is 10.1. The number of nitrogens with zero attached hydrogens (tertiary/aromatic N) is 1. The summed E-state index contributed by atoms with van der Waals surface area (Å²) in [6, 6.07) is 4.69. The van der Waals surface area contributed by atoms with E-state index in [4.69, 9.17) is 0 Å². The van der Waals surface area contributed by atoms with Crippen molar-refractivity contribution < 1.29 is 9.18 Å². The number of carbonyl (C=O) groups is 1. The van der Waals surface area contributed by atoms with Crippen LogP contribution in [0.3, 0.4) is 0 Å². The highest BCUT2D eigenvalue weighted by molar-refractivity contribution is 9.10. The van der Waals surface area contributed by atoms with Gasteiger partial charge in [-0.1, -0.05) is 0 Å². The van der Waals surface area contributed by atoms with Crippen molar-refractivity contribution in [2.24, 2.45) is 0 Å². The molecule has 1 amide bonds. The maximum Gasteiger partial charge on any atom is 0.259 e. The molecule has 110 valence electrons. The van der Waals surface area contributed by atoms with Crippen molar-refractivity contribution in [3.63, 3.8) is 0 Å². The molecule has 2 aromatic rings. The van der Waals surface area contributed by atoms with Crippen LogP contribution in [-0.2, 0) is 0 Å². The summed E-state index contributed by atoms with van der Waals surface area (Å²) in [6.07, 6.45) is 1.50. The molecule has 0 aliphatic carbocycles. The molecule has 0 radical (unpaired) electrons. The van der Waals surface area contributed by atoms with E-state index in [-0.39, 0.29) is 5.91 Å². The molecule has 0 unspecified atom stereocenters. The Morgan fingerprint density at radius 2 is 1.95 bits per heavy atom. The Hall–Kier alpha value is -1.95. The predicted octanol–water partition coefficient (Wildman–Crippen LogP) is 3.89. The molecule has 21 heavy (non-hydrogen) atoms. The fourth-order valence-corrected chi connectivity index (χ4v) is 2.38. The molecule has 0 saturated carbocycles. The normalized spacial score (nSPS) is 10.3. The van der Waals surface area contributed by atoms with Crippen LogP contribution in [-0.4, -0.2) is 17.9 Å². The Balaban J connectivity index is 2.32. The van der Waals surface area contributed by atoms with E-state index in [0.717, 1.165) is 11.3 Å². The first-order valence-corrected chi connectivity index (χ1v) is 7.13. The van der Waals surface area contributed by atoms with Crippen molar-refractivity contribution in [1.29, 1.82) is 0 Å². The van der Waals surface area contributed by atoms with Gasteiger partial charge in [0.15, 0.2) is 0 Å². The van der Waals surface area contributed by atoms with Gasteiger partial charge in [0.25, 0.3) is 5.91 Å². The van der Waals surface area contributed by atoms with Gasteiger partial charge in [0.2, 0.25) is 0 Å². The molecule has 0 spiro atoms. The molecule has 6 heteroatoms. The van der Waals surface area contributed by atoms with E-state index < -0.39 is 5.82 Å². The lowest BCUT2D eigenvalue weighted by molar-refractivity contribution is 0.102. The predicted molar refractivity (Wildman–Crippen MR) is 85.3 cm³/mol. The van der Waals surface area contributed by atoms with Crippen molar-refractivity contribution in [3.8, 4) is 0 Å². The van der Waals surface area contributed by atoms with E-state index in [1.807, 2.05) is 6.92 Å². The zero-order valence-corrected chi connectivity index (χ0v) is 13.5. The minimum atomic E-state index is -0.424. The van der Waals surface area contributed by atoms with Crippen molar-refractivity contribution in [2.75, 3.05) is 17.7 Å². The number of anilines is 2. The number of aromatic nitrogens is 1. The van der Waals surface area contributed by atoms with Gasteiger partial charge >= 0.3 is 0 Å². The molecule has 0 atom stereocenters. The minimum Gasteiger partial charge on any atom is -0.387 e. The van der Waals surface area contributed by atoms with Gasteiger partial charge in [-0.15, -0.1) is 0 Å². The zero-order valence-electron chi connectivity index (χ0n) is 11.9. The van der Waals surface area contributed by atoms with E-state index in [9.17, 15) is 9.18 Å². The smallest absolute Gasteiger partial charge is 0.259 e. The Bertz CT molecular complexity index is 704. The first kappa shape index (κ1) is 15.4. The van der Waals surface area contributed by atoms with Crippen molar-refractivity contribution in [2.45, 2.75) is 13.8 Å². The number of pyridine rings is 1. The monoisotopic (exact) mass is 351 g/mol. The van der Waals surface area contributed by atoms with Crippen LogP contribution in [0.5, 0.6) is 0 Å². The van der Waals surface area contributed by atoms with Crippen LogP contribution in [0.1, 0.15) is 21.6 Å². The molecule has 1 heterocycles. The summed E-state index contributed by atoms with van der Waals surface area (Å²) in [5, 5.41) is 5.66. The number of carbonyl (C=O) groups excluding carboxylic acids is 1. The van der Waals surface area contributed by atoms with Gasteiger partial charge < -0.3 is 10.6 Å². The highest BCUT2D eigenvalue weighted by atomic mass is 79.9. The first-order chi connectivity index (χ1) is 9.92. The third kappa shape index (κ3) is 3.39. The quantitative estimate of drug-likeness (QED) is 0.881. The molecular weight excluding hydrogens is 337 g/mol. The largest absolute Gasteiger partial charge is 0.387 e. The molecule has 4 nitrogen and oxygen atoms in total. The van der Waals surface area contributed by atoms with Crippen LogP contribution in [0.2, 0.25) is 0 Å². The molecule has 1 aromatic carbocycles. The molecule has 0 saturated heterocycles. The Kier molecular flexibility index (Phi) is 4.57. The molecular formula is C15H15BrFN3O. The Labute approximate surface area is 130 Å². The molecule has 0 bridgehead atoms. The second-order valence-electron chi connectivity index (χ2n) is 4.66. The third-order valence-electron chi connectivity index (χ3n) is 3.07. The second-order valence-corrected chi connectivity index (χ2v) is 5.51. The number of hydrogen-bond donors (Lipinski definition) is 2. The standard InChI is InChI=1S/C15H15BrFN3O/c1-8-4-11(16)12(17)6-13(8)20-15(21)10-7-19-9(2)5-14(10)18-3/h4-7H,1-3H3,(H,18,19)(H,20,21). The maximum atomic E-state index is 13.6. The molecule has 1 aromatic heterocycles. The van der Waals surface area contributed by atoms with Crippen LogP contribution < -0.4 is 10.6 Å². The SMILES string of the molecule is CNc1cc(C)ncc1C(=O)Nc1cc(F)c(Br)cc1C. The van der Waals surface area contributed by atoms with Gasteiger partial charge in [-0.2, -0.15) is 0 Å². The molecule has 0 aliphatic heterocycles. The maximum absolute atomic E-state index is 13.6. The van der Waals surface area contributed by atoms with Crippen LogP contribution >= 0.6 is 15.9 Å².